The summed E-state index contributed by atoms with van der Waals surface area (Å²) < 4.78 is 0. The Morgan fingerprint density at radius 1 is 1.29 bits per heavy atom. The van der Waals surface area contributed by atoms with E-state index in [1.165, 1.54) is 38.9 Å². The molecule has 0 saturated carbocycles. The van der Waals surface area contributed by atoms with Gasteiger partial charge in [0.05, 0.1) is 0 Å². The number of rotatable bonds is 2. The lowest BCUT2D eigenvalue weighted by Crippen LogP contribution is -2.60. The maximum absolute atomic E-state index is 3.62. The van der Waals surface area contributed by atoms with Gasteiger partial charge in [-0.05, 0) is 46.7 Å². The van der Waals surface area contributed by atoms with Gasteiger partial charge in [-0.3, -0.25) is 4.90 Å². The van der Waals surface area contributed by atoms with Gasteiger partial charge in [-0.2, -0.15) is 0 Å². The first-order chi connectivity index (χ1) is 8.11. The predicted octanol–water partition coefficient (Wildman–Crippen LogP) is 1.54. The van der Waals surface area contributed by atoms with Crippen molar-refractivity contribution in [3.8, 4) is 0 Å². The number of piperidine rings is 1. The summed E-state index contributed by atoms with van der Waals surface area (Å²) in [5.74, 6) is 0. The molecule has 0 radical (unpaired) electrons. The van der Waals surface area contributed by atoms with Crippen molar-refractivity contribution in [1.82, 2.24) is 15.1 Å². The molecule has 0 aromatic heterocycles. The van der Waals surface area contributed by atoms with Crippen LogP contribution in [-0.4, -0.2) is 60.6 Å². The third kappa shape index (κ3) is 3.01. The van der Waals surface area contributed by atoms with Gasteiger partial charge in [-0.15, -0.1) is 0 Å². The highest BCUT2D eigenvalue weighted by Crippen LogP contribution is 2.24. The number of hydrogen-bond donors (Lipinski definition) is 1. The van der Waals surface area contributed by atoms with Crippen molar-refractivity contribution in [2.45, 2.75) is 64.2 Å². The molecule has 17 heavy (non-hydrogen) atoms. The highest BCUT2D eigenvalue weighted by atomic mass is 15.3. The fourth-order valence-electron chi connectivity index (χ4n) is 3.38. The molecular formula is C14H29N3. The molecule has 0 spiro atoms. The lowest BCUT2D eigenvalue weighted by atomic mass is 9.94. The summed E-state index contributed by atoms with van der Waals surface area (Å²) in [6, 6.07) is 2.98. The van der Waals surface area contributed by atoms with E-state index < -0.39 is 0 Å². The van der Waals surface area contributed by atoms with Gasteiger partial charge in [0.1, 0.15) is 0 Å². The second-order valence-corrected chi connectivity index (χ2v) is 6.08. The Labute approximate surface area is 107 Å². The maximum atomic E-state index is 3.62. The van der Waals surface area contributed by atoms with Crippen LogP contribution >= 0.6 is 0 Å². The highest BCUT2D eigenvalue weighted by Gasteiger charge is 2.33. The van der Waals surface area contributed by atoms with Crippen molar-refractivity contribution in [3.63, 3.8) is 0 Å². The molecule has 2 rings (SSSR count). The van der Waals surface area contributed by atoms with Gasteiger partial charge in [0, 0.05) is 37.3 Å². The van der Waals surface area contributed by atoms with E-state index in [9.17, 15) is 0 Å². The predicted molar refractivity (Wildman–Crippen MR) is 73.4 cm³/mol. The summed E-state index contributed by atoms with van der Waals surface area (Å²) in [6.45, 7) is 10.7. The van der Waals surface area contributed by atoms with E-state index in [2.05, 4.69) is 42.9 Å². The van der Waals surface area contributed by atoms with Crippen molar-refractivity contribution in [2.75, 3.05) is 26.7 Å². The molecule has 2 fully saturated rings. The first-order valence-electron chi connectivity index (χ1n) is 7.31. The van der Waals surface area contributed by atoms with Crippen LogP contribution in [0.4, 0.5) is 0 Å². The van der Waals surface area contributed by atoms with Gasteiger partial charge < -0.3 is 10.2 Å². The SMILES string of the molecule is CCC1CNC(C)CN1C1CCN(C)C(C)C1. The molecule has 0 aromatic rings. The van der Waals surface area contributed by atoms with E-state index in [1.807, 2.05) is 0 Å². The van der Waals surface area contributed by atoms with Crippen LogP contribution in [0.2, 0.25) is 0 Å². The largest absolute Gasteiger partial charge is 0.311 e. The lowest BCUT2D eigenvalue weighted by molar-refractivity contribution is 0.0316. The van der Waals surface area contributed by atoms with E-state index in [0.29, 0.717) is 6.04 Å². The molecule has 3 heteroatoms. The molecule has 2 aliphatic heterocycles. The second kappa shape index (κ2) is 5.68. The topological polar surface area (TPSA) is 18.5 Å². The molecule has 3 nitrogen and oxygen atoms in total. The molecule has 0 amide bonds. The molecule has 4 unspecified atom stereocenters. The number of likely N-dealkylation sites (tertiary alicyclic amines) is 1. The molecule has 100 valence electrons. The smallest absolute Gasteiger partial charge is 0.0221 e. The Morgan fingerprint density at radius 3 is 2.71 bits per heavy atom. The third-order valence-electron chi connectivity index (χ3n) is 4.78. The van der Waals surface area contributed by atoms with Gasteiger partial charge in [0.15, 0.2) is 0 Å². The van der Waals surface area contributed by atoms with Crippen molar-refractivity contribution in [2.24, 2.45) is 0 Å². The monoisotopic (exact) mass is 239 g/mol. The lowest BCUT2D eigenvalue weighted by Gasteiger charge is -2.47. The summed E-state index contributed by atoms with van der Waals surface area (Å²) in [4.78, 5) is 5.30. The van der Waals surface area contributed by atoms with Crippen molar-refractivity contribution in [3.05, 3.63) is 0 Å². The van der Waals surface area contributed by atoms with Crippen LogP contribution in [0.1, 0.15) is 40.0 Å². The van der Waals surface area contributed by atoms with E-state index in [-0.39, 0.29) is 0 Å². The Kier molecular flexibility index (Phi) is 4.45. The van der Waals surface area contributed by atoms with Gasteiger partial charge in [-0.1, -0.05) is 6.92 Å². The molecule has 2 saturated heterocycles. The zero-order valence-corrected chi connectivity index (χ0v) is 11.9. The minimum absolute atomic E-state index is 0.660. The van der Waals surface area contributed by atoms with Crippen LogP contribution < -0.4 is 5.32 Å². The minimum Gasteiger partial charge on any atom is -0.311 e. The fourth-order valence-corrected chi connectivity index (χ4v) is 3.38. The van der Waals surface area contributed by atoms with E-state index >= 15 is 0 Å². The van der Waals surface area contributed by atoms with Gasteiger partial charge in [-0.25, -0.2) is 0 Å². The van der Waals surface area contributed by atoms with Crippen LogP contribution in [0.3, 0.4) is 0 Å². The van der Waals surface area contributed by atoms with Crippen molar-refractivity contribution < 1.29 is 0 Å². The van der Waals surface area contributed by atoms with Gasteiger partial charge in [0.2, 0.25) is 0 Å². The zero-order chi connectivity index (χ0) is 12.4. The highest BCUT2D eigenvalue weighted by molar-refractivity contribution is 4.91. The van der Waals surface area contributed by atoms with Crippen LogP contribution in [0, 0.1) is 0 Å². The number of piperazine rings is 1. The fraction of sp³-hybridized carbons (Fsp3) is 1.00. The Morgan fingerprint density at radius 2 is 2.06 bits per heavy atom. The standard InChI is InChI=1S/C14H29N3/c1-5-13-9-15-11(2)10-17(13)14-6-7-16(4)12(3)8-14/h11-15H,5-10H2,1-4H3. The minimum atomic E-state index is 0.660. The molecule has 2 heterocycles. The van der Waals surface area contributed by atoms with Crippen LogP contribution in [0.25, 0.3) is 0 Å². The average Bonchev–Trinajstić information content (AvgIpc) is 2.32. The molecule has 2 aliphatic rings. The Hall–Kier alpha value is -0.120. The molecular weight excluding hydrogens is 210 g/mol. The van der Waals surface area contributed by atoms with E-state index in [0.717, 1.165) is 18.1 Å². The average molecular weight is 239 g/mol. The number of nitrogens with zero attached hydrogens (tertiary/aromatic N) is 2. The zero-order valence-electron chi connectivity index (χ0n) is 11.9. The molecule has 4 atom stereocenters. The normalized spacial score (nSPS) is 41.6. The van der Waals surface area contributed by atoms with Crippen LogP contribution in [0.15, 0.2) is 0 Å². The van der Waals surface area contributed by atoms with Crippen LogP contribution in [-0.2, 0) is 0 Å². The first kappa shape index (κ1) is 13.3. The first-order valence-corrected chi connectivity index (χ1v) is 7.31. The Bertz CT molecular complexity index is 244. The molecule has 0 aromatic carbocycles. The summed E-state index contributed by atoms with van der Waals surface area (Å²) in [6.07, 6.45) is 3.98. The van der Waals surface area contributed by atoms with E-state index in [4.69, 9.17) is 0 Å². The molecule has 0 aliphatic carbocycles. The molecule has 1 N–H and O–H groups in total. The van der Waals surface area contributed by atoms with Crippen molar-refractivity contribution >= 4 is 0 Å². The summed E-state index contributed by atoms with van der Waals surface area (Å²) >= 11 is 0. The summed E-state index contributed by atoms with van der Waals surface area (Å²) in [7, 11) is 2.26. The summed E-state index contributed by atoms with van der Waals surface area (Å²) in [5, 5.41) is 3.62. The van der Waals surface area contributed by atoms with E-state index in [1.54, 1.807) is 0 Å². The Balaban J connectivity index is 1.98. The van der Waals surface area contributed by atoms with Gasteiger partial charge >= 0.3 is 0 Å². The number of hydrogen-bond acceptors (Lipinski definition) is 3. The number of nitrogens with one attached hydrogen (secondary N) is 1. The molecule has 0 bridgehead atoms. The quantitative estimate of drug-likeness (QED) is 0.788. The maximum Gasteiger partial charge on any atom is 0.0221 e. The van der Waals surface area contributed by atoms with Crippen LogP contribution in [0.5, 0.6) is 0 Å². The summed E-state index contributed by atoms with van der Waals surface area (Å²) in [5.41, 5.74) is 0. The third-order valence-corrected chi connectivity index (χ3v) is 4.78. The second-order valence-electron chi connectivity index (χ2n) is 6.08. The van der Waals surface area contributed by atoms with Crippen molar-refractivity contribution in [1.29, 1.82) is 0 Å². The van der Waals surface area contributed by atoms with Gasteiger partial charge in [0.25, 0.3) is 0 Å².